The van der Waals surface area contributed by atoms with Crippen LogP contribution in [0.1, 0.15) is 27.2 Å². The standard InChI is InChI=1S/C5H10.C4H6O2/c1-3-5-4-2;1-3-6-4(2)5/h3,5H,4H2,1-2H3;3H,1H2,2H3. The van der Waals surface area contributed by atoms with E-state index in [2.05, 4.69) is 30.4 Å². The SMILES string of the molecule is C=COC(C)=O.CC=CCC. The number of rotatable bonds is 2. The summed E-state index contributed by atoms with van der Waals surface area (Å²) >= 11 is 0. The molecular weight excluding hydrogens is 140 g/mol. The summed E-state index contributed by atoms with van der Waals surface area (Å²) in [6.07, 6.45) is 6.44. The van der Waals surface area contributed by atoms with Gasteiger partial charge in [-0.05, 0) is 13.3 Å². The lowest BCUT2D eigenvalue weighted by Crippen LogP contribution is -1.87. The van der Waals surface area contributed by atoms with Crippen molar-refractivity contribution in [3.8, 4) is 0 Å². The first-order valence-electron chi connectivity index (χ1n) is 3.58. The lowest BCUT2D eigenvalue weighted by Gasteiger charge is -1.83. The summed E-state index contributed by atoms with van der Waals surface area (Å²) in [6.45, 7) is 8.64. The van der Waals surface area contributed by atoms with Crippen LogP contribution >= 0.6 is 0 Å². The highest BCUT2D eigenvalue weighted by atomic mass is 16.5. The van der Waals surface area contributed by atoms with E-state index in [4.69, 9.17) is 0 Å². The molecule has 2 nitrogen and oxygen atoms in total. The molecule has 0 fully saturated rings. The second kappa shape index (κ2) is 11.7. The normalized spacial score (nSPS) is 8.27. The molecule has 0 saturated heterocycles. The van der Waals surface area contributed by atoms with Gasteiger partial charge in [-0.15, -0.1) is 0 Å². The molecule has 0 aromatic heterocycles. The Bertz CT molecular complexity index is 126. The average Bonchev–Trinajstić information content (AvgIpc) is 1.90. The largest absolute Gasteiger partial charge is 0.435 e. The molecule has 11 heavy (non-hydrogen) atoms. The Morgan fingerprint density at radius 1 is 1.64 bits per heavy atom. The molecule has 0 spiro atoms. The minimum absolute atomic E-state index is 0.329. The van der Waals surface area contributed by atoms with Gasteiger partial charge in [-0.3, -0.25) is 4.79 Å². The molecule has 0 bridgehead atoms. The van der Waals surface area contributed by atoms with Gasteiger partial charge < -0.3 is 4.74 Å². The van der Waals surface area contributed by atoms with Gasteiger partial charge >= 0.3 is 5.97 Å². The molecule has 0 aliphatic carbocycles. The van der Waals surface area contributed by atoms with Crippen LogP contribution in [0.25, 0.3) is 0 Å². The Hall–Kier alpha value is -1.05. The van der Waals surface area contributed by atoms with E-state index in [0.29, 0.717) is 0 Å². The Labute approximate surface area is 68.6 Å². The lowest BCUT2D eigenvalue weighted by molar-refractivity contribution is -0.135. The van der Waals surface area contributed by atoms with Crippen LogP contribution < -0.4 is 0 Å². The van der Waals surface area contributed by atoms with E-state index in [1.165, 1.54) is 6.92 Å². The molecule has 0 aromatic carbocycles. The predicted molar refractivity (Wildman–Crippen MR) is 47.1 cm³/mol. The Balaban J connectivity index is 0. The highest BCUT2D eigenvalue weighted by Crippen LogP contribution is 1.73. The van der Waals surface area contributed by atoms with Gasteiger partial charge in [-0.2, -0.15) is 0 Å². The van der Waals surface area contributed by atoms with Gasteiger partial charge in [0.1, 0.15) is 0 Å². The maximum Gasteiger partial charge on any atom is 0.307 e. The van der Waals surface area contributed by atoms with E-state index in [-0.39, 0.29) is 5.97 Å². The van der Waals surface area contributed by atoms with Gasteiger partial charge in [-0.25, -0.2) is 0 Å². The molecule has 2 heteroatoms. The zero-order valence-electron chi connectivity index (χ0n) is 7.46. The molecule has 0 radical (unpaired) electrons. The highest BCUT2D eigenvalue weighted by molar-refractivity contribution is 5.66. The van der Waals surface area contributed by atoms with Gasteiger partial charge in [0.25, 0.3) is 0 Å². The Morgan fingerprint density at radius 3 is 2.18 bits per heavy atom. The first-order chi connectivity index (χ1) is 5.18. The molecule has 64 valence electrons. The van der Waals surface area contributed by atoms with E-state index in [9.17, 15) is 4.79 Å². The third-order valence-electron chi connectivity index (χ3n) is 0.721. The molecule has 0 aliphatic heterocycles. The summed E-state index contributed by atoms with van der Waals surface area (Å²) in [4.78, 5) is 9.75. The number of ether oxygens (including phenoxy) is 1. The van der Waals surface area contributed by atoms with Crippen molar-refractivity contribution in [1.82, 2.24) is 0 Å². The average molecular weight is 156 g/mol. The van der Waals surface area contributed by atoms with Gasteiger partial charge in [-0.1, -0.05) is 25.7 Å². The van der Waals surface area contributed by atoms with Crippen molar-refractivity contribution >= 4 is 5.97 Å². The maximum atomic E-state index is 9.75. The maximum absolute atomic E-state index is 9.75. The fraction of sp³-hybridized carbons (Fsp3) is 0.444. The first kappa shape index (κ1) is 12.6. The summed E-state index contributed by atoms with van der Waals surface area (Å²) in [5.74, 6) is -0.329. The van der Waals surface area contributed by atoms with E-state index < -0.39 is 0 Å². The van der Waals surface area contributed by atoms with E-state index in [1.807, 2.05) is 6.92 Å². The lowest BCUT2D eigenvalue weighted by atomic mass is 10.4. The summed E-state index contributed by atoms with van der Waals surface area (Å²) in [6, 6.07) is 0. The molecule has 0 unspecified atom stereocenters. The summed E-state index contributed by atoms with van der Waals surface area (Å²) < 4.78 is 4.17. The highest BCUT2D eigenvalue weighted by Gasteiger charge is 1.79. The minimum Gasteiger partial charge on any atom is -0.435 e. The first-order valence-corrected chi connectivity index (χ1v) is 3.58. The number of allylic oxidation sites excluding steroid dienone is 2. The van der Waals surface area contributed by atoms with Crippen molar-refractivity contribution < 1.29 is 9.53 Å². The van der Waals surface area contributed by atoms with Gasteiger partial charge in [0.15, 0.2) is 0 Å². The molecule has 0 aliphatic rings. The van der Waals surface area contributed by atoms with Gasteiger partial charge in [0.2, 0.25) is 0 Å². The van der Waals surface area contributed by atoms with Crippen LogP contribution in [0.5, 0.6) is 0 Å². The zero-order chi connectivity index (χ0) is 9.11. The summed E-state index contributed by atoms with van der Waals surface area (Å²) in [5, 5.41) is 0. The van der Waals surface area contributed by atoms with E-state index in [1.54, 1.807) is 0 Å². The van der Waals surface area contributed by atoms with Crippen molar-refractivity contribution in [3.05, 3.63) is 25.0 Å². The van der Waals surface area contributed by atoms with E-state index in [0.717, 1.165) is 12.7 Å². The van der Waals surface area contributed by atoms with Crippen molar-refractivity contribution in [1.29, 1.82) is 0 Å². The molecule has 0 heterocycles. The van der Waals surface area contributed by atoms with Crippen molar-refractivity contribution in [3.63, 3.8) is 0 Å². The molecule has 0 saturated carbocycles. The number of esters is 1. The number of hydrogen-bond acceptors (Lipinski definition) is 2. The molecule has 0 atom stereocenters. The third-order valence-corrected chi connectivity index (χ3v) is 0.721. The molecule has 0 rings (SSSR count). The van der Waals surface area contributed by atoms with Crippen molar-refractivity contribution in [2.75, 3.05) is 0 Å². The molecule has 0 N–H and O–H groups in total. The predicted octanol–water partition coefficient (Wildman–Crippen LogP) is 2.67. The quantitative estimate of drug-likeness (QED) is 0.349. The van der Waals surface area contributed by atoms with Crippen LogP contribution in [0, 0.1) is 0 Å². The monoisotopic (exact) mass is 156 g/mol. The fourth-order valence-electron chi connectivity index (χ4n) is 0.353. The topological polar surface area (TPSA) is 26.3 Å². The van der Waals surface area contributed by atoms with Crippen LogP contribution in [0.4, 0.5) is 0 Å². The number of hydrogen-bond donors (Lipinski definition) is 0. The van der Waals surface area contributed by atoms with Crippen LogP contribution in [-0.2, 0) is 9.53 Å². The number of carbonyl (C=O) groups excluding carboxylic acids is 1. The Morgan fingerprint density at radius 2 is 2.18 bits per heavy atom. The Kier molecular flexibility index (Phi) is 13.4. The second-order valence-electron chi connectivity index (χ2n) is 1.75. The summed E-state index contributed by atoms with van der Waals surface area (Å²) in [7, 11) is 0. The second-order valence-corrected chi connectivity index (χ2v) is 1.75. The van der Waals surface area contributed by atoms with Crippen molar-refractivity contribution in [2.45, 2.75) is 27.2 Å². The number of carbonyl (C=O) groups is 1. The smallest absolute Gasteiger partial charge is 0.307 e. The van der Waals surface area contributed by atoms with Crippen LogP contribution in [0.2, 0.25) is 0 Å². The van der Waals surface area contributed by atoms with Gasteiger partial charge in [0, 0.05) is 6.92 Å². The van der Waals surface area contributed by atoms with Crippen molar-refractivity contribution in [2.24, 2.45) is 0 Å². The van der Waals surface area contributed by atoms with Crippen LogP contribution in [-0.4, -0.2) is 5.97 Å². The van der Waals surface area contributed by atoms with Gasteiger partial charge in [0.05, 0.1) is 6.26 Å². The minimum atomic E-state index is -0.329. The zero-order valence-corrected chi connectivity index (χ0v) is 7.46. The fourth-order valence-corrected chi connectivity index (χ4v) is 0.353. The third kappa shape index (κ3) is 27.7. The molecule has 0 amide bonds. The summed E-state index contributed by atoms with van der Waals surface area (Å²) in [5.41, 5.74) is 0. The van der Waals surface area contributed by atoms with Crippen LogP contribution in [0.15, 0.2) is 25.0 Å². The molecule has 0 aromatic rings. The van der Waals surface area contributed by atoms with E-state index >= 15 is 0 Å². The molecular formula is C9H16O2. The van der Waals surface area contributed by atoms with Crippen LogP contribution in [0.3, 0.4) is 0 Å².